The summed E-state index contributed by atoms with van der Waals surface area (Å²) in [5.74, 6) is -0.136. The molecular formula is C14H20N2O2S. The lowest BCUT2D eigenvalue weighted by atomic mass is 9.97. The van der Waals surface area contributed by atoms with Gasteiger partial charge in [-0.05, 0) is 17.0 Å². The molecule has 0 unspecified atom stereocenters. The Balaban J connectivity index is 2.95. The lowest BCUT2D eigenvalue weighted by Crippen LogP contribution is -2.35. The molecule has 0 N–H and O–H groups in total. The van der Waals surface area contributed by atoms with Crippen molar-refractivity contribution >= 4 is 10.0 Å². The van der Waals surface area contributed by atoms with Gasteiger partial charge in [0.15, 0.2) is 0 Å². The number of nitriles is 1. The summed E-state index contributed by atoms with van der Waals surface area (Å²) in [7, 11) is -1.82. The van der Waals surface area contributed by atoms with Gasteiger partial charge in [0.1, 0.15) is 0 Å². The molecule has 4 nitrogen and oxygen atoms in total. The van der Waals surface area contributed by atoms with Crippen LogP contribution >= 0.6 is 0 Å². The summed E-state index contributed by atoms with van der Waals surface area (Å²) in [4.78, 5) is 0. The Labute approximate surface area is 115 Å². The molecule has 104 valence electrons. The van der Waals surface area contributed by atoms with E-state index in [2.05, 4.69) is 0 Å². The molecule has 0 aliphatic rings. The van der Waals surface area contributed by atoms with Crippen molar-refractivity contribution in [2.75, 3.05) is 13.6 Å². The van der Waals surface area contributed by atoms with Crippen molar-refractivity contribution in [2.45, 2.75) is 26.5 Å². The van der Waals surface area contributed by atoms with E-state index in [4.69, 9.17) is 5.26 Å². The van der Waals surface area contributed by atoms with Gasteiger partial charge in [-0.2, -0.15) is 5.26 Å². The van der Waals surface area contributed by atoms with E-state index in [1.807, 2.05) is 26.8 Å². The fraction of sp³-hybridized carbons (Fsp3) is 0.500. The predicted molar refractivity (Wildman–Crippen MR) is 75.9 cm³/mol. The first-order valence-corrected chi connectivity index (χ1v) is 7.69. The second kappa shape index (κ2) is 5.72. The minimum atomic E-state index is -3.40. The van der Waals surface area contributed by atoms with Gasteiger partial charge in [-0.1, -0.05) is 39.0 Å². The molecule has 0 radical (unpaired) electrons. The molecule has 0 aliphatic heterocycles. The molecule has 5 heteroatoms. The van der Waals surface area contributed by atoms with Crippen molar-refractivity contribution in [1.82, 2.24) is 4.31 Å². The van der Waals surface area contributed by atoms with E-state index < -0.39 is 10.0 Å². The first kappa shape index (κ1) is 15.7. The van der Waals surface area contributed by atoms with Gasteiger partial charge in [-0.3, -0.25) is 0 Å². The lowest BCUT2D eigenvalue weighted by Gasteiger charge is -2.26. The van der Waals surface area contributed by atoms with Crippen LogP contribution in [0.25, 0.3) is 0 Å². The number of hydrogen-bond donors (Lipinski definition) is 0. The molecule has 0 amide bonds. The van der Waals surface area contributed by atoms with E-state index in [1.165, 1.54) is 4.31 Å². The minimum absolute atomic E-state index is 0.101. The maximum absolute atomic E-state index is 12.3. The number of sulfonamides is 1. The summed E-state index contributed by atoms with van der Waals surface area (Å²) < 4.78 is 25.9. The Hall–Kier alpha value is -1.38. The van der Waals surface area contributed by atoms with Gasteiger partial charge in [-0.15, -0.1) is 0 Å². The Kier molecular flexibility index (Phi) is 4.72. The van der Waals surface area contributed by atoms with Gasteiger partial charge in [0.25, 0.3) is 0 Å². The average Bonchev–Trinajstić information content (AvgIpc) is 2.27. The van der Waals surface area contributed by atoms with Crippen molar-refractivity contribution in [3.63, 3.8) is 0 Å². The summed E-state index contributed by atoms with van der Waals surface area (Å²) in [5, 5.41) is 8.98. The first-order chi connectivity index (χ1) is 8.65. The highest BCUT2D eigenvalue weighted by Gasteiger charge is 2.24. The van der Waals surface area contributed by atoms with Crippen molar-refractivity contribution in [2.24, 2.45) is 5.41 Å². The summed E-state index contributed by atoms with van der Waals surface area (Å²) in [6, 6.07) is 8.81. The highest BCUT2D eigenvalue weighted by atomic mass is 32.2. The van der Waals surface area contributed by atoms with Crippen LogP contribution in [0.15, 0.2) is 24.3 Å². The lowest BCUT2D eigenvalue weighted by molar-refractivity contribution is 0.310. The molecule has 0 bridgehead atoms. The third-order valence-corrected chi connectivity index (χ3v) is 4.40. The van der Waals surface area contributed by atoms with Crippen LogP contribution in [0.3, 0.4) is 0 Å². The van der Waals surface area contributed by atoms with Crippen LogP contribution < -0.4 is 0 Å². The molecule has 0 atom stereocenters. The highest BCUT2D eigenvalue weighted by Crippen LogP contribution is 2.19. The van der Waals surface area contributed by atoms with Crippen LogP contribution in [-0.2, 0) is 15.8 Å². The van der Waals surface area contributed by atoms with Crippen LogP contribution in [0.1, 0.15) is 31.9 Å². The highest BCUT2D eigenvalue weighted by molar-refractivity contribution is 7.88. The Morgan fingerprint density at radius 3 is 2.37 bits per heavy atom. The largest absolute Gasteiger partial charge is 0.218 e. The Morgan fingerprint density at radius 1 is 1.26 bits per heavy atom. The Morgan fingerprint density at radius 2 is 1.84 bits per heavy atom. The standard InChI is InChI=1S/C14H20N2O2S/c1-14(2,3)11-16(4)19(17,18)10-13-8-6-5-7-12(13)9-15/h5-8H,10-11H2,1-4H3. The maximum Gasteiger partial charge on any atom is 0.218 e. The summed E-state index contributed by atoms with van der Waals surface area (Å²) in [6.07, 6.45) is 0. The van der Waals surface area contributed by atoms with E-state index in [1.54, 1.807) is 31.3 Å². The quantitative estimate of drug-likeness (QED) is 0.850. The van der Waals surface area contributed by atoms with Crippen LogP contribution in [0, 0.1) is 16.7 Å². The smallest absolute Gasteiger partial charge is 0.212 e. The molecule has 0 aromatic heterocycles. The van der Waals surface area contributed by atoms with Crippen LogP contribution in [0.4, 0.5) is 0 Å². The molecule has 1 rings (SSSR count). The van der Waals surface area contributed by atoms with Gasteiger partial charge >= 0.3 is 0 Å². The topological polar surface area (TPSA) is 61.2 Å². The van der Waals surface area contributed by atoms with E-state index in [0.717, 1.165) is 0 Å². The second-order valence-corrected chi connectivity index (χ2v) is 7.92. The zero-order valence-corrected chi connectivity index (χ0v) is 12.7. The predicted octanol–water partition coefficient (Wildman–Crippen LogP) is 2.37. The molecule has 1 aromatic rings. The summed E-state index contributed by atoms with van der Waals surface area (Å²) in [5.41, 5.74) is 0.859. The van der Waals surface area contributed by atoms with Crippen molar-refractivity contribution in [1.29, 1.82) is 5.26 Å². The van der Waals surface area contributed by atoms with E-state index in [9.17, 15) is 8.42 Å². The molecule has 19 heavy (non-hydrogen) atoms. The SMILES string of the molecule is CN(CC(C)(C)C)S(=O)(=O)Cc1ccccc1C#N. The second-order valence-electron chi connectivity index (χ2n) is 5.84. The minimum Gasteiger partial charge on any atom is -0.212 e. The molecule has 0 saturated carbocycles. The monoisotopic (exact) mass is 280 g/mol. The zero-order chi connectivity index (χ0) is 14.7. The van der Waals surface area contributed by atoms with Crippen molar-refractivity contribution in [3.05, 3.63) is 35.4 Å². The molecule has 0 aliphatic carbocycles. The number of hydrogen-bond acceptors (Lipinski definition) is 3. The summed E-state index contributed by atoms with van der Waals surface area (Å²) in [6.45, 7) is 6.41. The van der Waals surface area contributed by atoms with Gasteiger partial charge in [0, 0.05) is 13.6 Å². The van der Waals surface area contributed by atoms with Crippen molar-refractivity contribution in [3.8, 4) is 6.07 Å². The third kappa shape index (κ3) is 4.66. The molecule has 1 aromatic carbocycles. The molecule has 0 spiro atoms. The molecule has 0 saturated heterocycles. The fourth-order valence-electron chi connectivity index (χ4n) is 1.83. The number of nitrogens with zero attached hydrogens (tertiary/aromatic N) is 2. The van der Waals surface area contributed by atoms with Gasteiger partial charge < -0.3 is 0 Å². The number of rotatable bonds is 4. The maximum atomic E-state index is 12.3. The van der Waals surface area contributed by atoms with Gasteiger partial charge in [0.05, 0.1) is 17.4 Å². The van der Waals surface area contributed by atoms with Gasteiger partial charge in [0.2, 0.25) is 10.0 Å². The third-order valence-electron chi connectivity index (χ3n) is 2.65. The van der Waals surface area contributed by atoms with Gasteiger partial charge in [-0.25, -0.2) is 12.7 Å². The number of benzene rings is 1. The molecular weight excluding hydrogens is 260 g/mol. The summed E-state index contributed by atoms with van der Waals surface area (Å²) >= 11 is 0. The normalized spacial score (nSPS) is 12.4. The molecule has 0 fully saturated rings. The molecule has 0 heterocycles. The average molecular weight is 280 g/mol. The van der Waals surface area contributed by atoms with Crippen LogP contribution in [0.5, 0.6) is 0 Å². The first-order valence-electron chi connectivity index (χ1n) is 6.08. The van der Waals surface area contributed by atoms with E-state index in [-0.39, 0.29) is 11.2 Å². The van der Waals surface area contributed by atoms with E-state index >= 15 is 0 Å². The van der Waals surface area contributed by atoms with Crippen molar-refractivity contribution < 1.29 is 8.42 Å². The Bertz CT molecular complexity index is 580. The van der Waals surface area contributed by atoms with Crippen LogP contribution in [0.2, 0.25) is 0 Å². The van der Waals surface area contributed by atoms with Crippen LogP contribution in [-0.4, -0.2) is 26.3 Å². The van der Waals surface area contributed by atoms with E-state index in [0.29, 0.717) is 17.7 Å². The fourth-order valence-corrected chi connectivity index (χ4v) is 3.28. The zero-order valence-electron chi connectivity index (χ0n) is 11.8.